The maximum absolute atomic E-state index is 13.0. The molecular weight excluding hydrogens is 468 g/mol. The van der Waals surface area contributed by atoms with E-state index in [4.69, 9.17) is 21.6 Å². The summed E-state index contributed by atoms with van der Waals surface area (Å²) in [7, 11) is 0. The van der Waals surface area contributed by atoms with E-state index in [0.717, 1.165) is 24.8 Å². The Bertz CT molecular complexity index is 1330. The highest BCUT2D eigenvalue weighted by Crippen LogP contribution is 2.23. The molecule has 0 bridgehead atoms. The van der Waals surface area contributed by atoms with Crippen LogP contribution >= 0.6 is 11.6 Å². The first-order valence-corrected chi connectivity index (χ1v) is 11.9. The molecule has 0 radical (unpaired) electrons. The molecular formula is C26H27ClN4O4. The molecule has 0 aliphatic rings. The smallest absolute Gasteiger partial charge is 0.359 e. The van der Waals surface area contributed by atoms with Gasteiger partial charge >= 0.3 is 5.97 Å². The van der Waals surface area contributed by atoms with Crippen molar-refractivity contribution in [2.75, 3.05) is 18.1 Å². The normalized spacial score (nSPS) is 10.7. The van der Waals surface area contributed by atoms with Crippen LogP contribution in [-0.2, 0) is 16.1 Å². The number of nitriles is 1. The number of halogens is 1. The summed E-state index contributed by atoms with van der Waals surface area (Å²) in [6, 6.07) is 13.8. The molecule has 2 aromatic carbocycles. The van der Waals surface area contributed by atoms with Crippen molar-refractivity contribution in [3.8, 4) is 6.07 Å². The van der Waals surface area contributed by atoms with Gasteiger partial charge in [-0.25, -0.2) is 9.48 Å². The summed E-state index contributed by atoms with van der Waals surface area (Å²) < 4.78 is 6.62. The fraction of sp³-hybridized carbons (Fsp3) is 0.346. The van der Waals surface area contributed by atoms with E-state index < -0.39 is 18.5 Å². The number of hydrogen-bond donors (Lipinski definition) is 0. The Kier molecular flexibility index (Phi) is 8.98. The number of nitrogens with zero attached hydrogens (tertiary/aromatic N) is 4. The fourth-order valence-corrected chi connectivity index (χ4v) is 3.80. The van der Waals surface area contributed by atoms with Gasteiger partial charge in [0, 0.05) is 29.2 Å². The van der Waals surface area contributed by atoms with E-state index in [1.165, 1.54) is 9.58 Å². The average molecular weight is 495 g/mol. The Hall–Kier alpha value is -3.70. The van der Waals surface area contributed by atoms with Gasteiger partial charge in [0.1, 0.15) is 0 Å². The highest BCUT2D eigenvalue weighted by molar-refractivity contribution is 6.31. The van der Waals surface area contributed by atoms with E-state index in [1.54, 1.807) is 42.5 Å². The largest absolute Gasteiger partial charge is 0.451 e. The number of ether oxygens (including phenoxy) is 1. The van der Waals surface area contributed by atoms with E-state index >= 15 is 0 Å². The lowest BCUT2D eigenvalue weighted by atomic mass is 10.1. The molecule has 0 atom stereocenters. The summed E-state index contributed by atoms with van der Waals surface area (Å²) in [5.74, 6) is -1.29. The molecule has 1 heterocycles. The second-order valence-electron chi connectivity index (χ2n) is 8.09. The number of carbonyl (C=O) groups excluding carboxylic acids is 2. The van der Waals surface area contributed by atoms with Gasteiger partial charge in [-0.1, -0.05) is 49.6 Å². The third-order valence-electron chi connectivity index (χ3n) is 5.56. The number of fused-ring (bicyclic) bond motifs is 1. The minimum Gasteiger partial charge on any atom is -0.451 e. The van der Waals surface area contributed by atoms with Crippen molar-refractivity contribution in [2.45, 2.75) is 46.1 Å². The lowest BCUT2D eigenvalue weighted by molar-refractivity contribution is -0.121. The van der Waals surface area contributed by atoms with Crippen molar-refractivity contribution in [3.63, 3.8) is 0 Å². The molecule has 3 rings (SSSR count). The zero-order valence-electron chi connectivity index (χ0n) is 19.8. The maximum atomic E-state index is 13.0. The van der Waals surface area contributed by atoms with E-state index in [0.29, 0.717) is 28.0 Å². The number of anilines is 1. The summed E-state index contributed by atoms with van der Waals surface area (Å²) in [6.45, 7) is 3.84. The van der Waals surface area contributed by atoms with Gasteiger partial charge in [-0.3, -0.25) is 9.59 Å². The van der Waals surface area contributed by atoms with Crippen LogP contribution in [0, 0.1) is 18.3 Å². The van der Waals surface area contributed by atoms with Crippen LogP contribution in [0.3, 0.4) is 0 Å². The Balaban J connectivity index is 1.84. The van der Waals surface area contributed by atoms with E-state index in [2.05, 4.69) is 12.0 Å². The number of rotatable bonds is 10. The molecule has 0 saturated carbocycles. The minimum absolute atomic E-state index is 0.0181. The van der Waals surface area contributed by atoms with Crippen molar-refractivity contribution in [2.24, 2.45) is 0 Å². The lowest BCUT2D eigenvalue weighted by Crippen LogP contribution is -2.36. The topological polar surface area (TPSA) is 105 Å². The minimum atomic E-state index is -0.800. The van der Waals surface area contributed by atoms with Crippen molar-refractivity contribution in [1.82, 2.24) is 9.78 Å². The van der Waals surface area contributed by atoms with Crippen molar-refractivity contribution >= 4 is 39.9 Å². The third-order valence-corrected chi connectivity index (χ3v) is 5.99. The Labute approximate surface area is 208 Å². The molecule has 0 N–H and O–H groups in total. The molecule has 3 aromatic rings. The van der Waals surface area contributed by atoms with Crippen LogP contribution < -0.4 is 10.5 Å². The van der Waals surface area contributed by atoms with Gasteiger partial charge in [-0.05, 0) is 43.2 Å². The molecule has 1 amide bonds. The van der Waals surface area contributed by atoms with Crippen molar-refractivity contribution in [1.29, 1.82) is 5.26 Å². The van der Waals surface area contributed by atoms with Crippen LogP contribution in [0.25, 0.3) is 10.8 Å². The number of hydrogen-bond acceptors (Lipinski definition) is 6. The number of carbonyl (C=O) groups is 2. The number of unbranched alkanes of at least 4 members (excludes halogenated alkanes) is 2. The van der Waals surface area contributed by atoms with Gasteiger partial charge in [0.25, 0.3) is 11.5 Å². The summed E-state index contributed by atoms with van der Waals surface area (Å²) in [4.78, 5) is 40.2. The quantitative estimate of drug-likeness (QED) is 0.300. The fourth-order valence-electron chi connectivity index (χ4n) is 3.68. The molecule has 8 nitrogen and oxygen atoms in total. The number of aromatic nitrogens is 2. The van der Waals surface area contributed by atoms with Crippen LogP contribution in [0.1, 0.15) is 48.7 Å². The van der Waals surface area contributed by atoms with Crippen molar-refractivity contribution in [3.05, 3.63) is 69.1 Å². The zero-order valence-corrected chi connectivity index (χ0v) is 20.5. The maximum Gasteiger partial charge on any atom is 0.359 e. The molecule has 0 aliphatic carbocycles. The standard InChI is InChI=1S/C26H27ClN4O4/c1-3-4-7-15-31-25(33)21-10-6-5-9-20(21)24(29-31)26(34)35-17-23(32)30(14-8-13-28)19-11-12-22(27)18(2)16-19/h5-6,9-12,16H,3-4,7-8,14-15,17H2,1-2H3. The number of benzene rings is 2. The van der Waals surface area contributed by atoms with Gasteiger partial charge in [-0.2, -0.15) is 10.4 Å². The molecule has 0 spiro atoms. The molecule has 1 aromatic heterocycles. The second-order valence-corrected chi connectivity index (χ2v) is 8.50. The van der Waals surface area contributed by atoms with Gasteiger partial charge in [0.05, 0.1) is 17.9 Å². The Morgan fingerprint density at radius 2 is 1.91 bits per heavy atom. The van der Waals surface area contributed by atoms with Gasteiger partial charge in [0.2, 0.25) is 0 Å². The molecule has 182 valence electrons. The van der Waals surface area contributed by atoms with Crippen LogP contribution in [0.2, 0.25) is 5.02 Å². The predicted molar refractivity (Wildman–Crippen MR) is 135 cm³/mol. The Morgan fingerprint density at radius 1 is 1.17 bits per heavy atom. The third kappa shape index (κ3) is 6.25. The number of amides is 1. The predicted octanol–water partition coefficient (Wildman–Crippen LogP) is 4.65. The first kappa shape index (κ1) is 25.9. The molecule has 0 aliphatic heterocycles. The summed E-state index contributed by atoms with van der Waals surface area (Å²) in [6.07, 6.45) is 2.77. The SMILES string of the molecule is CCCCCn1nc(C(=O)OCC(=O)N(CCC#N)c2ccc(Cl)c(C)c2)c2ccccc2c1=O. The van der Waals surface area contributed by atoms with E-state index in [9.17, 15) is 14.4 Å². The van der Waals surface area contributed by atoms with E-state index in [1.807, 2.05) is 13.0 Å². The summed E-state index contributed by atoms with van der Waals surface area (Å²) in [5, 5.41) is 14.6. The van der Waals surface area contributed by atoms with Crippen LogP contribution in [-0.4, -0.2) is 34.8 Å². The zero-order chi connectivity index (χ0) is 25.4. The highest BCUT2D eigenvalue weighted by atomic mass is 35.5. The first-order chi connectivity index (χ1) is 16.9. The van der Waals surface area contributed by atoms with Crippen molar-refractivity contribution < 1.29 is 14.3 Å². The molecule has 0 fully saturated rings. The first-order valence-electron chi connectivity index (χ1n) is 11.5. The molecule has 35 heavy (non-hydrogen) atoms. The lowest BCUT2D eigenvalue weighted by Gasteiger charge is -2.22. The number of esters is 1. The van der Waals surface area contributed by atoms with Gasteiger partial charge < -0.3 is 9.64 Å². The van der Waals surface area contributed by atoms with Crippen LogP contribution in [0.5, 0.6) is 0 Å². The van der Waals surface area contributed by atoms with E-state index in [-0.39, 0.29) is 24.2 Å². The molecule has 9 heteroatoms. The second kappa shape index (κ2) is 12.1. The van der Waals surface area contributed by atoms with Crippen LogP contribution in [0.4, 0.5) is 5.69 Å². The monoisotopic (exact) mass is 494 g/mol. The highest BCUT2D eigenvalue weighted by Gasteiger charge is 2.22. The number of aryl methyl sites for hydroxylation is 2. The molecule has 0 saturated heterocycles. The van der Waals surface area contributed by atoms with Crippen LogP contribution in [0.15, 0.2) is 47.3 Å². The van der Waals surface area contributed by atoms with Gasteiger partial charge in [-0.15, -0.1) is 0 Å². The Morgan fingerprint density at radius 3 is 2.60 bits per heavy atom. The summed E-state index contributed by atoms with van der Waals surface area (Å²) in [5.41, 5.74) is 1.04. The molecule has 0 unspecified atom stereocenters. The average Bonchev–Trinajstić information content (AvgIpc) is 2.86. The summed E-state index contributed by atoms with van der Waals surface area (Å²) >= 11 is 6.09. The van der Waals surface area contributed by atoms with Gasteiger partial charge in [0.15, 0.2) is 12.3 Å².